The Hall–Kier alpha value is -3.98. The zero-order valence-electron chi connectivity index (χ0n) is 18.0. The summed E-state index contributed by atoms with van der Waals surface area (Å²) in [5.41, 5.74) is 5.37. The van der Waals surface area contributed by atoms with Gasteiger partial charge in [0.25, 0.3) is 0 Å². The smallest absolute Gasteiger partial charge is 0.141 e. The molecule has 3 heterocycles. The average molecular weight is 423 g/mol. The molecule has 5 aromatic rings. The van der Waals surface area contributed by atoms with Crippen LogP contribution in [-0.4, -0.2) is 19.3 Å². The van der Waals surface area contributed by atoms with Gasteiger partial charge in [0.05, 0.1) is 34.7 Å². The summed E-state index contributed by atoms with van der Waals surface area (Å²) in [5.74, 6) is -0.527. The van der Waals surface area contributed by atoms with Gasteiger partial charge in [0.2, 0.25) is 0 Å². The molecule has 0 saturated carbocycles. The molecule has 6 heteroatoms. The Morgan fingerprint density at radius 1 is 1.03 bits per heavy atom. The number of aromatic nitrogens is 4. The van der Waals surface area contributed by atoms with Gasteiger partial charge in [-0.1, -0.05) is 25.5 Å². The van der Waals surface area contributed by atoms with E-state index in [1.807, 2.05) is 42.3 Å². The van der Waals surface area contributed by atoms with Crippen LogP contribution >= 0.6 is 0 Å². The highest BCUT2D eigenvalue weighted by molar-refractivity contribution is 6.02. The minimum absolute atomic E-state index is 0.0349. The highest BCUT2D eigenvalue weighted by Gasteiger charge is 2.18. The largest absolute Gasteiger partial charge is 0.346 e. The van der Waals surface area contributed by atoms with Crippen molar-refractivity contribution in [2.45, 2.75) is 26.3 Å². The van der Waals surface area contributed by atoms with Crippen LogP contribution in [0.5, 0.6) is 0 Å². The minimum Gasteiger partial charge on any atom is -0.346 e. The number of hydrogen-bond donors (Lipinski definition) is 0. The minimum atomic E-state index is -0.527. The lowest BCUT2D eigenvalue weighted by atomic mass is 9.95. The third-order valence-corrected chi connectivity index (χ3v) is 5.98. The fraction of sp³-hybridized carbons (Fsp3) is 0.192. The van der Waals surface area contributed by atoms with Crippen molar-refractivity contribution >= 4 is 21.8 Å². The predicted octanol–water partition coefficient (Wildman–Crippen LogP) is 6.07. The Morgan fingerprint density at radius 3 is 2.66 bits per heavy atom. The fourth-order valence-corrected chi connectivity index (χ4v) is 4.26. The van der Waals surface area contributed by atoms with Crippen molar-refractivity contribution < 1.29 is 4.39 Å². The summed E-state index contributed by atoms with van der Waals surface area (Å²) in [6.45, 7) is 3.07. The lowest BCUT2D eigenvalue weighted by Crippen LogP contribution is -1.98. The summed E-state index contributed by atoms with van der Waals surface area (Å²) in [4.78, 5) is 4.84. The first-order valence-electron chi connectivity index (χ1n) is 10.7. The SMILES string of the molecule is CCCCn1ccc2c(-c3ccc(C#N)c(F)c3)c(-c3ccc4c(cnn4C)c3)ncc21. The maximum atomic E-state index is 14.6. The van der Waals surface area contributed by atoms with Gasteiger partial charge in [0.15, 0.2) is 0 Å². The van der Waals surface area contributed by atoms with Crippen LogP contribution in [-0.2, 0) is 13.6 Å². The maximum absolute atomic E-state index is 14.6. The molecule has 158 valence electrons. The van der Waals surface area contributed by atoms with Crippen molar-refractivity contribution in [3.8, 4) is 28.5 Å². The monoisotopic (exact) mass is 423 g/mol. The molecule has 3 aromatic heterocycles. The highest BCUT2D eigenvalue weighted by atomic mass is 19.1. The number of nitriles is 1. The van der Waals surface area contributed by atoms with E-state index < -0.39 is 5.82 Å². The predicted molar refractivity (Wildman–Crippen MR) is 124 cm³/mol. The van der Waals surface area contributed by atoms with Crippen LogP contribution in [0.3, 0.4) is 0 Å². The molecule has 5 rings (SSSR count). The van der Waals surface area contributed by atoms with E-state index in [9.17, 15) is 4.39 Å². The molecule has 0 spiro atoms. The molecule has 2 aromatic carbocycles. The van der Waals surface area contributed by atoms with Gasteiger partial charge in [-0.05, 0) is 42.3 Å². The second kappa shape index (κ2) is 7.93. The molecule has 0 aliphatic carbocycles. The second-order valence-electron chi connectivity index (χ2n) is 7.99. The fourth-order valence-electron chi connectivity index (χ4n) is 4.26. The van der Waals surface area contributed by atoms with Gasteiger partial charge in [-0.3, -0.25) is 9.67 Å². The molecule has 0 bridgehead atoms. The molecule has 0 amide bonds. The van der Waals surface area contributed by atoms with E-state index in [-0.39, 0.29) is 5.56 Å². The van der Waals surface area contributed by atoms with Crippen LogP contribution in [0.4, 0.5) is 4.39 Å². The number of pyridine rings is 1. The van der Waals surface area contributed by atoms with Gasteiger partial charge in [-0.15, -0.1) is 0 Å². The first-order chi connectivity index (χ1) is 15.6. The van der Waals surface area contributed by atoms with E-state index in [2.05, 4.69) is 34.9 Å². The third kappa shape index (κ3) is 3.23. The molecule has 0 radical (unpaired) electrons. The van der Waals surface area contributed by atoms with Crippen LogP contribution in [0.25, 0.3) is 44.2 Å². The summed E-state index contributed by atoms with van der Waals surface area (Å²) in [6.07, 6.45) is 7.98. The molecule has 0 N–H and O–H groups in total. The van der Waals surface area contributed by atoms with E-state index in [0.717, 1.165) is 58.0 Å². The lowest BCUT2D eigenvalue weighted by Gasteiger charge is -2.13. The van der Waals surface area contributed by atoms with Crippen molar-refractivity contribution in [2.24, 2.45) is 7.05 Å². The van der Waals surface area contributed by atoms with Crippen LogP contribution in [0, 0.1) is 17.1 Å². The van der Waals surface area contributed by atoms with Gasteiger partial charge in [0.1, 0.15) is 11.9 Å². The number of fused-ring (bicyclic) bond motifs is 2. The number of unbranched alkanes of at least 4 members (excludes halogenated alkanes) is 1. The Kier molecular flexibility index (Phi) is 4.95. The van der Waals surface area contributed by atoms with Crippen molar-refractivity contribution in [1.29, 1.82) is 5.26 Å². The van der Waals surface area contributed by atoms with Crippen molar-refractivity contribution in [3.63, 3.8) is 0 Å². The summed E-state index contributed by atoms with van der Waals surface area (Å²) in [6, 6.07) is 14.9. The lowest BCUT2D eigenvalue weighted by molar-refractivity contribution is 0.624. The van der Waals surface area contributed by atoms with Crippen molar-refractivity contribution in [3.05, 3.63) is 72.4 Å². The quantitative estimate of drug-likeness (QED) is 0.345. The van der Waals surface area contributed by atoms with Gasteiger partial charge >= 0.3 is 0 Å². The molecule has 0 atom stereocenters. The summed E-state index contributed by atoms with van der Waals surface area (Å²) in [5, 5.41) is 15.5. The maximum Gasteiger partial charge on any atom is 0.141 e. The Bertz CT molecular complexity index is 1500. The number of aryl methyl sites for hydroxylation is 2. The Balaban J connectivity index is 1.77. The van der Waals surface area contributed by atoms with Crippen LogP contribution in [0.15, 0.2) is 61.1 Å². The number of benzene rings is 2. The van der Waals surface area contributed by atoms with Gasteiger partial charge < -0.3 is 4.57 Å². The molecule has 0 saturated heterocycles. The third-order valence-electron chi connectivity index (χ3n) is 5.98. The topological polar surface area (TPSA) is 59.4 Å². The van der Waals surface area contributed by atoms with Gasteiger partial charge in [-0.2, -0.15) is 10.4 Å². The van der Waals surface area contributed by atoms with E-state index >= 15 is 0 Å². The van der Waals surface area contributed by atoms with E-state index in [0.29, 0.717) is 5.56 Å². The molecule has 0 aliphatic rings. The highest BCUT2D eigenvalue weighted by Crippen LogP contribution is 2.38. The first-order valence-corrected chi connectivity index (χ1v) is 10.7. The van der Waals surface area contributed by atoms with Crippen LogP contribution < -0.4 is 0 Å². The first kappa shape index (κ1) is 20.0. The second-order valence-corrected chi connectivity index (χ2v) is 7.99. The molecular formula is C26H22FN5. The summed E-state index contributed by atoms with van der Waals surface area (Å²) >= 11 is 0. The van der Waals surface area contributed by atoms with Gasteiger partial charge in [0, 0.05) is 41.7 Å². The van der Waals surface area contributed by atoms with Crippen molar-refractivity contribution in [1.82, 2.24) is 19.3 Å². The number of halogens is 1. The van der Waals surface area contributed by atoms with Crippen molar-refractivity contribution in [2.75, 3.05) is 0 Å². The molecule has 0 unspecified atom stereocenters. The summed E-state index contributed by atoms with van der Waals surface area (Å²) < 4.78 is 18.6. The van der Waals surface area contributed by atoms with Crippen LogP contribution in [0.1, 0.15) is 25.3 Å². The molecule has 0 aliphatic heterocycles. The Morgan fingerprint density at radius 2 is 1.88 bits per heavy atom. The van der Waals surface area contributed by atoms with E-state index in [1.165, 1.54) is 12.1 Å². The average Bonchev–Trinajstić information content (AvgIpc) is 3.40. The number of hydrogen-bond acceptors (Lipinski definition) is 3. The molecule has 5 nitrogen and oxygen atoms in total. The molecule has 32 heavy (non-hydrogen) atoms. The molecule has 0 fully saturated rings. The summed E-state index contributed by atoms with van der Waals surface area (Å²) in [7, 11) is 1.91. The standard InChI is InChI=1S/C26H22FN5/c1-3-4-10-32-11-9-21-24(32)16-29-26(18-7-8-23-20(12-18)15-30-31(23)2)25(21)17-5-6-19(14-28)22(27)13-17/h5-9,11-13,15-16H,3-4,10H2,1-2H3. The zero-order valence-corrected chi connectivity index (χ0v) is 18.0. The van der Waals surface area contributed by atoms with E-state index in [1.54, 1.807) is 6.07 Å². The number of nitrogens with zero attached hydrogens (tertiary/aromatic N) is 5. The number of rotatable bonds is 5. The normalized spacial score (nSPS) is 11.3. The van der Waals surface area contributed by atoms with E-state index in [4.69, 9.17) is 10.2 Å². The Labute approximate surface area is 185 Å². The van der Waals surface area contributed by atoms with Gasteiger partial charge in [-0.25, -0.2) is 4.39 Å². The van der Waals surface area contributed by atoms with Crippen LogP contribution in [0.2, 0.25) is 0 Å². The molecular weight excluding hydrogens is 401 g/mol. The zero-order chi connectivity index (χ0) is 22.2.